The van der Waals surface area contributed by atoms with Crippen LogP contribution in [0, 0.1) is 0 Å². The van der Waals surface area contributed by atoms with Crippen molar-refractivity contribution in [1.29, 1.82) is 0 Å². The lowest BCUT2D eigenvalue weighted by molar-refractivity contribution is 0.101. The fraction of sp³-hybridized carbons (Fsp3) is 0.133. The molecule has 0 amide bonds. The van der Waals surface area contributed by atoms with E-state index in [1.807, 2.05) is 17.5 Å². The first-order valence-electron chi connectivity index (χ1n) is 6.44. The number of benzene rings is 1. The topological polar surface area (TPSA) is 63.5 Å². The maximum Gasteiger partial charge on any atom is 0.258 e. The maximum absolute atomic E-state index is 11.9. The number of Topliss-reactive ketones (excluding diaryl/α,β-unsaturated/α-hetero) is 1. The van der Waals surface area contributed by atoms with Crippen molar-refractivity contribution >= 4 is 27.8 Å². The van der Waals surface area contributed by atoms with Crippen molar-refractivity contribution in [1.82, 2.24) is 9.38 Å². The first-order chi connectivity index (χ1) is 10.1. The van der Waals surface area contributed by atoms with Gasteiger partial charge in [0.2, 0.25) is 0 Å². The first-order valence-corrected chi connectivity index (χ1v) is 7.32. The molecule has 1 N–H and O–H groups in total. The Hall–Kier alpha value is -2.47. The molecule has 0 bridgehead atoms. The van der Waals surface area contributed by atoms with Crippen molar-refractivity contribution in [3.8, 4) is 0 Å². The monoisotopic (exact) mass is 299 g/mol. The van der Waals surface area contributed by atoms with E-state index in [1.54, 1.807) is 18.3 Å². The van der Waals surface area contributed by atoms with Crippen LogP contribution >= 0.6 is 11.3 Å². The second-order valence-electron chi connectivity index (χ2n) is 4.63. The van der Waals surface area contributed by atoms with Gasteiger partial charge in [-0.25, -0.2) is 4.98 Å². The Morgan fingerprint density at radius 1 is 1.38 bits per heavy atom. The predicted molar refractivity (Wildman–Crippen MR) is 83.1 cm³/mol. The normalized spacial score (nSPS) is 10.7. The summed E-state index contributed by atoms with van der Waals surface area (Å²) in [5, 5.41) is 5.01. The predicted octanol–water partition coefficient (Wildman–Crippen LogP) is 2.57. The van der Waals surface area contributed by atoms with E-state index >= 15 is 0 Å². The van der Waals surface area contributed by atoms with E-state index in [0.29, 0.717) is 22.8 Å². The van der Waals surface area contributed by atoms with Gasteiger partial charge in [0.25, 0.3) is 5.56 Å². The molecule has 0 saturated carbocycles. The Bertz CT molecular complexity index is 866. The molecule has 3 aromatic rings. The van der Waals surface area contributed by atoms with Crippen LogP contribution in [0.25, 0.3) is 4.96 Å². The van der Waals surface area contributed by atoms with Crippen LogP contribution < -0.4 is 10.9 Å². The Balaban J connectivity index is 1.81. The minimum absolute atomic E-state index is 0.0232. The fourth-order valence-electron chi connectivity index (χ4n) is 2.02. The lowest BCUT2D eigenvalue weighted by Gasteiger charge is -2.07. The maximum atomic E-state index is 11.9. The van der Waals surface area contributed by atoms with Crippen LogP contribution in [0.5, 0.6) is 0 Å². The zero-order valence-corrected chi connectivity index (χ0v) is 12.2. The zero-order chi connectivity index (χ0) is 14.8. The minimum Gasteiger partial charge on any atom is -0.379 e. The van der Waals surface area contributed by atoms with Crippen LogP contribution in [0.2, 0.25) is 0 Å². The number of anilines is 1. The average Bonchev–Trinajstić information content (AvgIpc) is 2.94. The number of thiazole rings is 1. The summed E-state index contributed by atoms with van der Waals surface area (Å²) in [6, 6.07) is 8.78. The number of ketones is 1. The molecule has 0 aliphatic carbocycles. The SMILES string of the molecule is CC(=O)c1cccc(NCc2cc(=O)n3ccsc3n2)c1. The minimum atomic E-state index is -0.0875. The van der Waals surface area contributed by atoms with Gasteiger partial charge >= 0.3 is 0 Å². The van der Waals surface area contributed by atoms with Crippen molar-refractivity contribution in [2.75, 3.05) is 5.32 Å². The Kier molecular flexibility index (Phi) is 3.53. The molecule has 6 heteroatoms. The summed E-state index contributed by atoms with van der Waals surface area (Å²) < 4.78 is 1.52. The molecule has 21 heavy (non-hydrogen) atoms. The van der Waals surface area contributed by atoms with Gasteiger partial charge in [-0.3, -0.25) is 14.0 Å². The summed E-state index contributed by atoms with van der Waals surface area (Å²) >= 11 is 1.42. The number of hydrogen-bond acceptors (Lipinski definition) is 5. The quantitative estimate of drug-likeness (QED) is 0.752. The molecule has 0 saturated heterocycles. The fourth-order valence-corrected chi connectivity index (χ4v) is 2.76. The highest BCUT2D eigenvalue weighted by atomic mass is 32.1. The van der Waals surface area contributed by atoms with Crippen LogP contribution in [0.1, 0.15) is 23.0 Å². The summed E-state index contributed by atoms with van der Waals surface area (Å²) in [4.78, 5) is 28.3. The van der Waals surface area contributed by atoms with Crippen molar-refractivity contribution in [3.63, 3.8) is 0 Å². The van der Waals surface area contributed by atoms with E-state index in [1.165, 1.54) is 28.7 Å². The summed E-state index contributed by atoms with van der Waals surface area (Å²) in [7, 11) is 0. The van der Waals surface area contributed by atoms with Gasteiger partial charge in [-0.2, -0.15) is 0 Å². The number of rotatable bonds is 4. The van der Waals surface area contributed by atoms with E-state index in [-0.39, 0.29) is 11.3 Å². The van der Waals surface area contributed by atoms with Crippen molar-refractivity contribution in [2.24, 2.45) is 0 Å². The molecule has 0 radical (unpaired) electrons. The smallest absolute Gasteiger partial charge is 0.258 e. The van der Waals surface area contributed by atoms with Gasteiger partial charge in [0.05, 0.1) is 12.2 Å². The molecule has 5 nitrogen and oxygen atoms in total. The number of aromatic nitrogens is 2. The van der Waals surface area contributed by atoms with Gasteiger partial charge in [0.1, 0.15) is 0 Å². The van der Waals surface area contributed by atoms with E-state index in [2.05, 4.69) is 10.3 Å². The number of fused-ring (bicyclic) bond motifs is 1. The highest BCUT2D eigenvalue weighted by Crippen LogP contribution is 2.13. The summed E-state index contributed by atoms with van der Waals surface area (Å²) in [5.41, 5.74) is 2.07. The number of nitrogens with zero attached hydrogens (tertiary/aromatic N) is 2. The molecule has 2 heterocycles. The van der Waals surface area contributed by atoms with Gasteiger partial charge in [-0.1, -0.05) is 12.1 Å². The van der Waals surface area contributed by atoms with E-state index in [9.17, 15) is 9.59 Å². The summed E-state index contributed by atoms with van der Waals surface area (Å²) in [6.45, 7) is 1.97. The largest absolute Gasteiger partial charge is 0.379 e. The molecule has 106 valence electrons. The third-order valence-electron chi connectivity index (χ3n) is 3.10. The van der Waals surface area contributed by atoms with Crippen molar-refractivity contribution in [2.45, 2.75) is 13.5 Å². The lowest BCUT2D eigenvalue weighted by Crippen LogP contribution is -2.14. The molecule has 0 atom stereocenters. The molecular weight excluding hydrogens is 286 g/mol. The van der Waals surface area contributed by atoms with Gasteiger partial charge in [-0.05, 0) is 19.1 Å². The van der Waals surface area contributed by atoms with E-state index in [0.717, 1.165) is 5.69 Å². The summed E-state index contributed by atoms with van der Waals surface area (Å²) in [6.07, 6.45) is 1.71. The number of carbonyl (C=O) groups is 1. The average molecular weight is 299 g/mol. The number of nitrogens with one attached hydrogen (secondary N) is 1. The molecule has 0 aliphatic rings. The Morgan fingerprint density at radius 2 is 2.24 bits per heavy atom. The molecular formula is C15H13N3O2S. The molecule has 0 aliphatic heterocycles. The number of carbonyl (C=O) groups excluding carboxylic acids is 1. The zero-order valence-electron chi connectivity index (χ0n) is 11.4. The van der Waals surface area contributed by atoms with Gasteiger partial charge < -0.3 is 5.32 Å². The van der Waals surface area contributed by atoms with Gasteiger partial charge in [0.15, 0.2) is 10.7 Å². The summed E-state index contributed by atoms with van der Waals surface area (Å²) in [5.74, 6) is 0.0232. The first kappa shape index (κ1) is 13.5. The van der Waals surface area contributed by atoms with E-state index in [4.69, 9.17) is 0 Å². The molecule has 0 unspecified atom stereocenters. The second kappa shape index (κ2) is 5.49. The van der Waals surface area contributed by atoms with Gasteiger partial charge in [-0.15, -0.1) is 11.3 Å². The van der Waals surface area contributed by atoms with Crippen LogP contribution in [-0.2, 0) is 6.54 Å². The Morgan fingerprint density at radius 3 is 3.05 bits per heavy atom. The van der Waals surface area contributed by atoms with Crippen LogP contribution in [0.4, 0.5) is 5.69 Å². The third-order valence-corrected chi connectivity index (χ3v) is 3.86. The molecule has 3 rings (SSSR count). The molecule has 1 aromatic carbocycles. The molecule has 0 fully saturated rings. The third kappa shape index (κ3) is 2.85. The van der Waals surface area contributed by atoms with Crippen LogP contribution in [0.15, 0.2) is 46.7 Å². The molecule has 2 aromatic heterocycles. The van der Waals surface area contributed by atoms with E-state index < -0.39 is 0 Å². The highest BCUT2D eigenvalue weighted by Gasteiger charge is 2.04. The van der Waals surface area contributed by atoms with Crippen LogP contribution in [0.3, 0.4) is 0 Å². The van der Waals surface area contributed by atoms with Crippen molar-refractivity contribution < 1.29 is 4.79 Å². The highest BCUT2D eigenvalue weighted by molar-refractivity contribution is 7.15. The van der Waals surface area contributed by atoms with Gasteiger partial charge in [0, 0.05) is 28.9 Å². The molecule has 0 spiro atoms. The number of hydrogen-bond donors (Lipinski definition) is 1. The Labute approximate surface area is 124 Å². The van der Waals surface area contributed by atoms with Crippen LogP contribution in [-0.4, -0.2) is 15.2 Å². The second-order valence-corrected chi connectivity index (χ2v) is 5.50. The van der Waals surface area contributed by atoms with Crippen molar-refractivity contribution in [3.05, 3.63) is 63.5 Å². The standard InChI is InChI=1S/C15H13N3O2S/c1-10(19)11-3-2-4-12(7-11)16-9-13-8-14(20)18-5-6-21-15(18)17-13/h2-8,16H,9H2,1H3. The lowest BCUT2D eigenvalue weighted by atomic mass is 10.1.